The Morgan fingerprint density at radius 2 is 1.45 bits per heavy atom. The third-order valence-corrected chi connectivity index (χ3v) is 5.18. The predicted octanol–water partition coefficient (Wildman–Crippen LogP) is 5.16. The fourth-order valence-electron chi connectivity index (χ4n) is 2.72. The number of carbonyl (C=O) groups excluding carboxylic acids is 2. The molecule has 0 atom stereocenters. The topological polar surface area (TPSA) is 64.6 Å². The maximum absolute atomic E-state index is 11.6. The molecule has 1 aliphatic rings. The molecule has 0 aliphatic carbocycles. The summed E-state index contributed by atoms with van der Waals surface area (Å²) in [6.07, 6.45) is 2.46. The van der Waals surface area contributed by atoms with E-state index in [9.17, 15) is 9.59 Å². The van der Waals surface area contributed by atoms with Crippen LogP contribution in [0.4, 0.5) is 4.79 Å². The van der Waals surface area contributed by atoms with Gasteiger partial charge in [-0.25, -0.2) is 0 Å². The minimum absolute atomic E-state index is 0.137. The van der Waals surface area contributed by atoms with E-state index >= 15 is 0 Å². The molecule has 5 nitrogen and oxygen atoms in total. The van der Waals surface area contributed by atoms with Crippen LogP contribution in [-0.2, 0) is 10.2 Å². The molecular formula is C23H25NO4S. The predicted molar refractivity (Wildman–Crippen MR) is 116 cm³/mol. The van der Waals surface area contributed by atoms with Crippen molar-refractivity contribution >= 4 is 29.0 Å². The lowest BCUT2D eigenvalue weighted by atomic mass is 9.87. The van der Waals surface area contributed by atoms with E-state index in [1.807, 2.05) is 36.4 Å². The Hall–Kier alpha value is -2.73. The summed E-state index contributed by atoms with van der Waals surface area (Å²) in [6.45, 7) is 7.70. The summed E-state index contributed by atoms with van der Waals surface area (Å²) in [5.41, 5.74) is 2.26. The number of imide groups is 1. The number of hydrogen-bond acceptors (Lipinski definition) is 5. The summed E-state index contributed by atoms with van der Waals surface area (Å²) in [7, 11) is 0. The Morgan fingerprint density at radius 1 is 0.897 bits per heavy atom. The number of nitrogens with one attached hydrogen (secondary N) is 1. The number of amides is 2. The molecule has 2 amide bonds. The molecule has 6 heteroatoms. The van der Waals surface area contributed by atoms with Gasteiger partial charge in [0.1, 0.15) is 11.5 Å². The standard InChI is InChI=1S/C23H25NO4S/c1-23(2,3)17-7-11-19(12-8-17)28-14-4-13-27-18-9-5-16(6-10-18)15-20-21(25)24-22(26)29-20/h5-12,15H,4,13-14H2,1-3H3,(H,24,25,26). The zero-order valence-electron chi connectivity index (χ0n) is 16.9. The van der Waals surface area contributed by atoms with E-state index in [1.165, 1.54) is 5.56 Å². The Kier molecular flexibility index (Phi) is 6.64. The SMILES string of the molecule is CC(C)(C)c1ccc(OCCCOc2ccc(C=C3SC(=O)NC3=O)cc2)cc1. The molecule has 2 aromatic rings. The summed E-state index contributed by atoms with van der Waals surface area (Å²) >= 11 is 0.908. The summed E-state index contributed by atoms with van der Waals surface area (Å²) in [4.78, 5) is 23.1. The van der Waals surface area contributed by atoms with Gasteiger partial charge in [0.25, 0.3) is 11.1 Å². The minimum atomic E-state index is -0.353. The average molecular weight is 412 g/mol. The van der Waals surface area contributed by atoms with E-state index < -0.39 is 0 Å². The van der Waals surface area contributed by atoms with Gasteiger partial charge in [-0.1, -0.05) is 45.0 Å². The number of rotatable bonds is 7. The highest BCUT2D eigenvalue weighted by molar-refractivity contribution is 8.18. The minimum Gasteiger partial charge on any atom is -0.493 e. The first-order valence-electron chi connectivity index (χ1n) is 9.52. The van der Waals surface area contributed by atoms with Gasteiger partial charge in [0.15, 0.2) is 0 Å². The van der Waals surface area contributed by atoms with E-state index in [-0.39, 0.29) is 16.6 Å². The lowest BCUT2D eigenvalue weighted by Crippen LogP contribution is -2.17. The van der Waals surface area contributed by atoms with Gasteiger partial charge >= 0.3 is 0 Å². The lowest BCUT2D eigenvalue weighted by Gasteiger charge is -2.19. The molecule has 29 heavy (non-hydrogen) atoms. The van der Waals surface area contributed by atoms with Crippen molar-refractivity contribution in [3.05, 3.63) is 64.6 Å². The maximum atomic E-state index is 11.6. The Labute approximate surface area is 175 Å². The van der Waals surface area contributed by atoms with Gasteiger partial charge in [-0.2, -0.15) is 0 Å². The number of ether oxygens (including phenoxy) is 2. The smallest absolute Gasteiger partial charge is 0.290 e. The fraction of sp³-hybridized carbons (Fsp3) is 0.304. The Bertz CT molecular complexity index is 896. The Morgan fingerprint density at radius 3 is 1.93 bits per heavy atom. The van der Waals surface area contributed by atoms with Crippen LogP contribution in [0, 0.1) is 0 Å². The van der Waals surface area contributed by atoms with Crippen LogP contribution in [0.2, 0.25) is 0 Å². The highest BCUT2D eigenvalue weighted by atomic mass is 32.2. The van der Waals surface area contributed by atoms with Crippen molar-refractivity contribution in [2.75, 3.05) is 13.2 Å². The third kappa shape index (κ3) is 6.12. The van der Waals surface area contributed by atoms with E-state index in [4.69, 9.17) is 9.47 Å². The van der Waals surface area contributed by atoms with Crippen molar-refractivity contribution in [3.8, 4) is 11.5 Å². The van der Waals surface area contributed by atoms with Crippen LogP contribution in [0.15, 0.2) is 53.4 Å². The lowest BCUT2D eigenvalue weighted by molar-refractivity contribution is -0.115. The molecule has 0 spiro atoms. The molecule has 1 saturated heterocycles. The molecule has 2 aromatic carbocycles. The number of benzene rings is 2. The second-order valence-corrected chi connectivity index (χ2v) is 8.76. The zero-order chi connectivity index (χ0) is 20.9. The van der Waals surface area contributed by atoms with Gasteiger partial charge in [-0.15, -0.1) is 0 Å². The molecular weight excluding hydrogens is 386 g/mol. The van der Waals surface area contributed by atoms with Gasteiger partial charge in [0.05, 0.1) is 18.1 Å². The molecule has 0 aromatic heterocycles. The van der Waals surface area contributed by atoms with Crippen LogP contribution in [0.1, 0.15) is 38.3 Å². The fourth-order valence-corrected chi connectivity index (χ4v) is 3.41. The molecule has 1 N–H and O–H groups in total. The first-order valence-corrected chi connectivity index (χ1v) is 10.3. The van der Waals surface area contributed by atoms with Crippen molar-refractivity contribution < 1.29 is 19.1 Å². The third-order valence-electron chi connectivity index (χ3n) is 4.37. The van der Waals surface area contributed by atoms with Gasteiger partial charge in [-0.05, 0) is 58.6 Å². The zero-order valence-corrected chi connectivity index (χ0v) is 17.7. The van der Waals surface area contributed by atoms with Crippen molar-refractivity contribution in [3.63, 3.8) is 0 Å². The van der Waals surface area contributed by atoms with Gasteiger partial charge in [0.2, 0.25) is 0 Å². The molecule has 3 rings (SSSR count). The van der Waals surface area contributed by atoms with Crippen LogP contribution in [-0.4, -0.2) is 24.4 Å². The van der Waals surface area contributed by atoms with Crippen LogP contribution in [0.5, 0.6) is 11.5 Å². The average Bonchev–Trinajstić information content (AvgIpc) is 2.99. The second kappa shape index (κ2) is 9.18. The van der Waals surface area contributed by atoms with E-state index in [0.717, 1.165) is 35.2 Å². The van der Waals surface area contributed by atoms with Gasteiger partial charge in [0, 0.05) is 6.42 Å². The second-order valence-electron chi connectivity index (χ2n) is 7.75. The molecule has 1 heterocycles. The maximum Gasteiger partial charge on any atom is 0.290 e. The molecule has 0 saturated carbocycles. The first-order chi connectivity index (χ1) is 13.8. The van der Waals surface area contributed by atoms with Crippen molar-refractivity contribution in [1.29, 1.82) is 0 Å². The summed E-state index contributed by atoms with van der Waals surface area (Å²) in [5.74, 6) is 1.26. The monoisotopic (exact) mass is 411 g/mol. The van der Waals surface area contributed by atoms with E-state index in [2.05, 4.69) is 38.2 Å². The van der Waals surface area contributed by atoms with Crippen molar-refractivity contribution in [2.24, 2.45) is 0 Å². The summed E-state index contributed by atoms with van der Waals surface area (Å²) in [6, 6.07) is 15.6. The molecule has 1 aliphatic heterocycles. The Balaban J connectivity index is 1.40. The van der Waals surface area contributed by atoms with E-state index in [0.29, 0.717) is 18.1 Å². The molecule has 0 radical (unpaired) electrons. The number of carbonyl (C=O) groups is 2. The highest BCUT2D eigenvalue weighted by Crippen LogP contribution is 2.26. The quantitative estimate of drug-likeness (QED) is 0.504. The normalized spacial score (nSPS) is 15.5. The molecule has 152 valence electrons. The highest BCUT2D eigenvalue weighted by Gasteiger charge is 2.24. The summed E-state index contributed by atoms with van der Waals surface area (Å²) in [5, 5.41) is 1.90. The first kappa shape index (κ1) is 21.0. The van der Waals surface area contributed by atoms with Gasteiger partial charge in [-0.3, -0.25) is 14.9 Å². The largest absolute Gasteiger partial charge is 0.493 e. The number of thioether (sulfide) groups is 1. The van der Waals surface area contributed by atoms with Crippen molar-refractivity contribution in [1.82, 2.24) is 5.32 Å². The van der Waals surface area contributed by atoms with Crippen LogP contribution >= 0.6 is 11.8 Å². The van der Waals surface area contributed by atoms with Crippen molar-refractivity contribution in [2.45, 2.75) is 32.6 Å². The molecule has 0 bridgehead atoms. The molecule has 1 fully saturated rings. The number of hydrogen-bond donors (Lipinski definition) is 1. The van der Waals surface area contributed by atoms with E-state index in [1.54, 1.807) is 6.08 Å². The summed E-state index contributed by atoms with van der Waals surface area (Å²) < 4.78 is 11.5. The van der Waals surface area contributed by atoms with Gasteiger partial charge < -0.3 is 9.47 Å². The molecule has 0 unspecified atom stereocenters. The van der Waals surface area contributed by atoms with Crippen LogP contribution < -0.4 is 14.8 Å². The van der Waals surface area contributed by atoms with Crippen LogP contribution in [0.25, 0.3) is 6.08 Å². The van der Waals surface area contributed by atoms with Crippen LogP contribution in [0.3, 0.4) is 0 Å².